The zero-order valence-corrected chi connectivity index (χ0v) is 16.7. The summed E-state index contributed by atoms with van der Waals surface area (Å²) in [5, 5.41) is 0.291. The van der Waals surface area contributed by atoms with E-state index in [0.717, 1.165) is 4.31 Å². The average molecular weight is 419 g/mol. The third kappa shape index (κ3) is 4.17. The van der Waals surface area contributed by atoms with E-state index in [4.69, 9.17) is 23.2 Å². The van der Waals surface area contributed by atoms with Gasteiger partial charge in [0, 0.05) is 38.3 Å². The number of carbonyl (C=O) groups is 1. The second kappa shape index (κ2) is 7.92. The van der Waals surface area contributed by atoms with E-state index in [1.807, 2.05) is 0 Å². The summed E-state index contributed by atoms with van der Waals surface area (Å²) in [5.74, 6) is -1.09. The number of hydrogen-bond acceptors (Lipinski definition) is 3. The molecule has 2 aromatic carbocycles. The van der Waals surface area contributed by atoms with Gasteiger partial charge in [0.2, 0.25) is 10.0 Å². The van der Waals surface area contributed by atoms with Gasteiger partial charge in [-0.25, -0.2) is 17.1 Å². The SMILES string of the molecule is CN(Cc1c(F)cccc1Cl)C(=O)c1cc(S(=O)(=O)N(C)C)ccc1Cl. The highest BCUT2D eigenvalue weighted by Crippen LogP contribution is 2.25. The Bertz CT molecular complexity index is 929. The molecule has 0 atom stereocenters. The number of halogens is 3. The lowest BCUT2D eigenvalue weighted by molar-refractivity contribution is 0.0784. The summed E-state index contributed by atoms with van der Waals surface area (Å²) in [4.78, 5) is 13.9. The molecule has 2 rings (SSSR count). The van der Waals surface area contributed by atoms with Crippen LogP contribution >= 0.6 is 23.2 Å². The van der Waals surface area contributed by atoms with E-state index in [1.165, 1.54) is 62.4 Å². The van der Waals surface area contributed by atoms with E-state index in [9.17, 15) is 17.6 Å². The van der Waals surface area contributed by atoms with Gasteiger partial charge in [-0.05, 0) is 30.3 Å². The van der Waals surface area contributed by atoms with Gasteiger partial charge in [0.25, 0.3) is 5.91 Å². The molecule has 2 aromatic rings. The van der Waals surface area contributed by atoms with Gasteiger partial charge < -0.3 is 4.90 Å². The lowest BCUT2D eigenvalue weighted by Crippen LogP contribution is -2.28. The Hall–Kier alpha value is -1.67. The van der Waals surface area contributed by atoms with Crippen molar-refractivity contribution in [2.24, 2.45) is 0 Å². The highest BCUT2D eigenvalue weighted by Gasteiger charge is 2.23. The summed E-state index contributed by atoms with van der Waals surface area (Å²) in [6.45, 7) is -0.0919. The molecule has 0 N–H and O–H groups in total. The molecular weight excluding hydrogens is 402 g/mol. The molecule has 0 aliphatic rings. The van der Waals surface area contributed by atoms with Crippen LogP contribution in [-0.4, -0.2) is 44.7 Å². The van der Waals surface area contributed by atoms with Crippen LogP contribution in [0.5, 0.6) is 0 Å². The fraction of sp³-hybridized carbons (Fsp3) is 0.235. The summed E-state index contributed by atoms with van der Waals surface area (Å²) >= 11 is 12.1. The van der Waals surface area contributed by atoms with Crippen molar-refractivity contribution in [2.75, 3.05) is 21.1 Å². The van der Waals surface area contributed by atoms with Gasteiger partial charge in [0.15, 0.2) is 0 Å². The van der Waals surface area contributed by atoms with Crippen LogP contribution in [0.4, 0.5) is 4.39 Å². The molecule has 0 spiro atoms. The predicted molar refractivity (Wildman–Crippen MR) is 99.5 cm³/mol. The second-order valence-corrected chi connectivity index (χ2v) is 8.76. The fourth-order valence-electron chi connectivity index (χ4n) is 2.24. The van der Waals surface area contributed by atoms with Gasteiger partial charge >= 0.3 is 0 Å². The topological polar surface area (TPSA) is 57.7 Å². The number of carbonyl (C=O) groups excluding carboxylic acids is 1. The minimum atomic E-state index is -3.72. The van der Waals surface area contributed by atoms with Crippen LogP contribution in [0.3, 0.4) is 0 Å². The minimum Gasteiger partial charge on any atom is -0.337 e. The fourth-order valence-corrected chi connectivity index (χ4v) is 3.59. The molecule has 9 heteroatoms. The largest absolute Gasteiger partial charge is 0.337 e. The number of hydrogen-bond donors (Lipinski definition) is 0. The Morgan fingerprint density at radius 1 is 1.08 bits per heavy atom. The lowest BCUT2D eigenvalue weighted by Gasteiger charge is -2.20. The Morgan fingerprint density at radius 3 is 2.31 bits per heavy atom. The molecule has 0 aliphatic carbocycles. The highest BCUT2D eigenvalue weighted by atomic mass is 35.5. The number of benzene rings is 2. The monoisotopic (exact) mass is 418 g/mol. The van der Waals surface area contributed by atoms with Crippen molar-refractivity contribution in [1.82, 2.24) is 9.21 Å². The molecular formula is C17H17Cl2FN2O3S. The number of amides is 1. The molecule has 0 heterocycles. The molecule has 1 amide bonds. The molecule has 5 nitrogen and oxygen atoms in total. The summed E-state index contributed by atoms with van der Waals surface area (Å²) in [7, 11) is 0.501. The first-order valence-electron chi connectivity index (χ1n) is 7.46. The number of sulfonamides is 1. The van der Waals surface area contributed by atoms with Crippen LogP contribution in [0.15, 0.2) is 41.3 Å². The van der Waals surface area contributed by atoms with Crippen LogP contribution in [0, 0.1) is 5.82 Å². The molecule has 26 heavy (non-hydrogen) atoms. The quantitative estimate of drug-likeness (QED) is 0.744. The summed E-state index contributed by atoms with van der Waals surface area (Å²) in [6, 6.07) is 8.11. The molecule has 0 bridgehead atoms. The Morgan fingerprint density at radius 2 is 1.73 bits per heavy atom. The standard InChI is InChI=1S/C17H17Cl2FN2O3S/c1-21(2)26(24,25)11-7-8-15(19)12(9-11)17(23)22(3)10-13-14(18)5-4-6-16(13)20/h4-9H,10H2,1-3H3. The first kappa shape index (κ1) is 20.6. The third-order valence-electron chi connectivity index (χ3n) is 3.75. The van der Waals surface area contributed by atoms with Crippen molar-refractivity contribution >= 4 is 39.1 Å². The van der Waals surface area contributed by atoms with Gasteiger partial charge in [-0.3, -0.25) is 4.79 Å². The minimum absolute atomic E-state index is 0.00422. The van der Waals surface area contributed by atoms with E-state index in [-0.39, 0.29) is 32.6 Å². The van der Waals surface area contributed by atoms with Crippen molar-refractivity contribution < 1.29 is 17.6 Å². The highest BCUT2D eigenvalue weighted by molar-refractivity contribution is 7.89. The predicted octanol–water partition coefficient (Wildman–Crippen LogP) is 3.66. The molecule has 0 saturated carbocycles. The van der Waals surface area contributed by atoms with Crippen LogP contribution in [0.1, 0.15) is 15.9 Å². The Balaban J connectivity index is 2.37. The molecule has 0 aromatic heterocycles. The summed E-state index contributed by atoms with van der Waals surface area (Å²) in [5.41, 5.74) is 0.169. The van der Waals surface area contributed by atoms with Gasteiger partial charge in [-0.2, -0.15) is 0 Å². The van der Waals surface area contributed by atoms with Crippen LogP contribution < -0.4 is 0 Å². The Kier molecular flexibility index (Phi) is 6.29. The van der Waals surface area contributed by atoms with Crippen LogP contribution in [-0.2, 0) is 16.6 Å². The molecule has 0 unspecified atom stereocenters. The van der Waals surface area contributed by atoms with E-state index in [2.05, 4.69) is 0 Å². The van der Waals surface area contributed by atoms with Crippen LogP contribution in [0.2, 0.25) is 10.0 Å². The number of rotatable bonds is 5. The maximum Gasteiger partial charge on any atom is 0.255 e. The van der Waals surface area contributed by atoms with Gasteiger partial charge in [-0.15, -0.1) is 0 Å². The first-order chi connectivity index (χ1) is 12.1. The van der Waals surface area contributed by atoms with Gasteiger partial charge in [-0.1, -0.05) is 29.3 Å². The zero-order chi connectivity index (χ0) is 19.6. The summed E-state index contributed by atoms with van der Waals surface area (Å²) < 4.78 is 39.5. The average Bonchev–Trinajstić information content (AvgIpc) is 2.57. The third-order valence-corrected chi connectivity index (χ3v) is 6.25. The lowest BCUT2D eigenvalue weighted by atomic mass is 10.1. The molecule has 0 saturated heterocycles. The molecule has 0 radical (unpaired) electrons. The zero-order valence-electron chi connectivity index (χ0n) is 14.3. The van der Waals surface area contributed by atoms with Crippen molar-refractivity contribution in [3.63, 3.8) is 0 Å². The van der Waals surface area contributed by atoms with Crippen molar-refractivity contribution in [1.29, 1.82) is 0 Å². The van der Waals surface area contributed by atoms with Crippen molar-refractivity contribution in [3.05, 3.63) is 63.4 Å². The van der Waals surface area contributed by atoms with Crippen molar-refractivity contribution in [3.8, 4) is 0 Å². The second-order valence-electron chi connectivity index (χ2n) is 5.79. The molecule has 0 aliphatic heterocycles. The maximum atomic E-state index is 13.9. The van der Waals surface area contributed by atoms with Crippen LogP contribution in [0.25, 0.3) is 0 Å². The molecule has 0 fully saturated rings. The van der Waals surface area contributed by atoms with Crippen molar-refractivity contribution in [2.45, 2.75) is 11.4 Å². The number of nitrogens with zero attached hydrogens (tertiary/aromatic N) is 2. The first-order valence-corrected chi connectivity index (χ1v) is 9.65. The summed E-state index contributed by atoms with van der Waals surface area (Å²) in [6.07, 6.45) is 0. The normalized spacial score (nSPS) is 11.7. The molecule has 140 valence electrons. The maximum absolute atomic E-state index is 13.9. The van der Waals surface area contributed by atoms with E-state index in [1.54, 1.807) is 0 Å². The van der Waals surface area contributed by atoms with E-state index >= 15 is 0 Å². The Labute approximate surface area is 162 Å². The van der Waals surface area contributed by atoms with Gasteiger partial charge in [0.05, 0.1) is 15.5 Å². The van der Waals surface area contributed by atoms with E-state index in [0.29, 0.717) is 0 Å². The van der Waals surface area contributed by atoms with E-state index < -0.39 is 21.7 Å². The smallest absolute Gasteiger partial charge is 0.255 e. The van der Waals surface area contributed by atoms with Gasteiger partial charge in [0.1, 0.15) is 5.82 Å².